The summed E-state index contributed by atoms with van der Waals surface area (Å²) in [4.78, 5) is 0. The minimum Gasteiger partial charge on any atom is -1.00 e. The van der Waals surface area contributed by atoms with Crippen LogP contribution in [0.4, 0.5) is 0 Å². The van der Waals surface area contributed by atoms with Gasteiger partial charge in [-0.15, -0.1) is 0 Å². The summed E-state index contributed by atoms with van der Waals surface area (Å²) in [6, 6.07) is 0. The van der Waals surface area contributed by atoms with Crippen LogP contribution in [0.25, 0.3) is 0 Å². The SMILES string of the molecule is [B]C(C)(C)P(C)(C)(CC)C1=CC=CC1.[Cl-].[Cl-].[Ti+2]. The van der Waals surface area contributed by atoms with Crippen LogP contribution < -0.4 is 24.8 Å². The average Bonchev–Trinajstić information content (AvgIpc) is 2.55. The Morgan fingerprint density at radius 2 is 1.76 bits per heavy atom. The second kappa shape index (κ2) is 7.16. The van der Waals surface area contributed by atoms with Crippen LogP contribution in [-0.4, -0.2) is 32.4 Å². The summed E-state index contributed by atoms with van der Waals surface area (Å²) < 4.78 is 0. The molecule has 0 spiro atoms. The molecule has 0 bridgehead atoms. The van der Waals surface area contributed by atoms with Crippen molar-refractivity contribution in [3.8, 4) is 0 Å². The van der Waals surface area contributed by atoms with Crippen molar-refractivity contribution in [1.82, 2.24) is 0 Å². The molecule has 5 heteroatoms. The molecule has 0 aromatic heterocycles. The number of rotatable bonds is 3. The molecule has 17 heavy (non-hydrogen) atoms. The maximum Gasteiger partial charge on any atom is 2.00 e. The number of halogens is 2. The van der Waals surface area contributed by atoms with Gasteiger partial charge in [0.1, 0.15) is 0 Å². The molecule has 0 aliphatic heterocycles. The van der Waals surface area contributed by atoms with Crippen molar-refractivity contribution >= 4 is 14.4 Å². The van der Waals surface area contributed by atoms with Crippen molar-refractivity contribution in [3.63, 3.8) is 0 Å². The van der Waals surface area contributed by atoms with Gasteiger partial charge in [0.15, 0.2) is 0 Å². The maximum atomic E-state index is 6.43. The van der Waals surface area contributed by atoms with Gasteiger partial charge in [0, 0.05) is 0 Å². The summed E-state index contributed by atoms with van der Waals surface area (Å²) in [5.41, 5.74) is 0. The van der Waals surface area contributed by atoms with Gasteiger partial charge in [-0.3, -0.25) is 0 Å². The van der Waals surface area contributed by atoms with Crippen LogP contribution in [0.2, 0.25) is 0 Å². The summed E-state index contributed by atoms with van der Waals surface area (Å²) in [6.07, 6.45) is 9.01. The van der Waals surface area contributed by atoms with Crippen molar-refractivity contribution in [3.05, 3.63) is 23.5 Å². The molecular formula is C12H22BCl2PTi. The number of allylic oxidation sites excluding steroid dienone is 4. The molecule has 0 N–H and O–H groups in total. The van der Waals surface area contributed by atoms with Crippen molar-refractivity contribution in [2.24, 2.45) is 0 Å². The molecule has 0 nitrogen and oxygen atoms in total. The Morgan fingerprint density at radius 3 is 2.00 bits per heavy atom. The molecule has 0 unspecified atom stereocenters. The molecule has 1 aliphatic carbocycles. The van der Waals surface area contributed by atoms with E-state index in [1.54, 1.807) is 5.31 Å². The first kappa shape index (κ1) is 23.4. The van der Waals surface area contributed by atoms with Gasteiger partial charge in [0.2, 0.25) is 0 Å². The van der Waals surface area contributed by atoms with E-state index in [4.69, 9.17) is 7.85 Å². The molecule has 0 saturated carbocycles. The molecule has 0 atom stereocenters. The summed E-state index contributed by atoms with van der Waals surface area (Å²) in [7, 11) is 6.43. The van der Waals surface area contributed by atoms with Crippen molar-refractivity contribution < 1.29 is 46.5 Å². The quantitative estimate of drug-likeness (QED) is 0.400. The van der Waals surface area contributed by atoms with E-state index >= 15 is 0 Å². The van der Waals surface area contributed by atoms with Crippen LogP contribution in [0, 0.1) is 0 Å². The van der Waals surface area contributed by atoms with E-state index in [1.807, 2.05) is 0 Å². The zero-order valence-corrected chi connectivity index (χ0v) is 15.4. The third-order valence-corrected chi connectivity index (χ3v) is 12.2. The van der Waals surface area contributed by atoms with E-state index in [1.165, 1.54) is 6.16 Å². The monoisotopic (exact) mass is 326 g/mol. The topological polar surface area (TPSA) is 0 Å². The largest absolute Gasteiger partial charge is 2.00 e. The Kier molecular flexibility index (Phi) is 9.84. The predicted molar refractivity (Wildman–Crippen MR) is 71.0 cm³/mol. The first-order valence-electron chi connectivity index (χ1n) is 5.37. The predicted octanol–water partition coefficient (Wildman–Crippen LogP) is -2.43. The van der Waals surface area contributed by atoms with Crippen LogP contribution in [-0.2, 0) is 21.7 Å². The van der Waals surface area contributed by atoms with Gasteiger partial charge in [-0.1, -0.05) is 0 Å². The zero-order chi connectivity index (χ0) is 11.1. The van der Waals surface area contributed by atoms with Gasteiger partial charge < -0.3 is 24.8 Å². The normalized spacial score (nSPS) is 16.8. The Labute approximate surface area is 136 Å². The van der Waals surface area contributed by atoms with E-state index in [9.17, 15) is 0 Å². The molecule has 0 aromatic rings. The Morgan fingerprint density at radius 1 is 1.29 bits per heavy atom. The molecule has 96 valence electrons. The molecule has 0 heterocycles. The zero-order valence-electron chi connectivity index (χ0n) is 11.4. The van der Waals surface area contributed by atoms with E-state index in [0.717, 1.165) is 6.42 Å². The Bertz CT molecular complexity index is 306. The van der Waals surface area contributed by atoms with Gasteiger partial charge in [-0.2, -0.15) is 0 Å². The van der Waals surface area contributed by atoms with Gasteiger partial charge in [-0.05, 0) is 0 Å². The summed E-state index contributed by atoms with van der Waals surface area (Å²) in [5, 5.41) is 1.52. The van der Waals surface area contributed by atoms with Crippen LogP contribution in [0.5, 0.6) is 0 Å². The van der Waals surface area contributed by atoms with Crippen LogP contribution >= 0.6 is 6.60 Å². The van der Waals surface area contributed by atoms with Gasteiger partial charge in [0.05, 0.1) is 0 Å². The number of hydrogen-bond donors (Lipinski definition) is 0. The number of hydrogen-bond acceptors (Lipinski definition) is 0. The molecule has 0 amide bonds. The summed E-state index contributed by atoms with van der Waals surface area (Å²) >= 11 is 0. The smallest absolute Gasteiger partial charge is 1.00 e. The fourth-order valence-electron chi connectivity index (χ4n) is 1.95. The first-order valence-corrected chi connectivity index (χ1v) is 8.69. The van der Waals surface area contributed by atoms with Gasteiger partial charge in [-0.25, -0.2) is 0 Å². The Balaban J connectivity index is -0.000000653. The molecule has 0 aromatic carbocycles. The van der Waals surface area contributed by atoms with Crippen LogP contribution in [0.3, 0.4) is 0 Å². The van der Waals surface area contributed by atoms with E-state index < -0.39 is 6.60 Å². The standard InChI is InChI=1S/C12H22BP.2ClH.Ti/c1-6-14(4,5,12(2,3)13)11-9-7-8-10-11;;;/h7-9H,6,10H2,1-5H3;2*1H;/q;;;+2/p-2. The third-order valence-electron chi connectivity index (χ3n) is 4.47. The molecular weight excluding hydrogens is 305 g/mol. The fraction of sp³-hybridized carbons (Fsp3) is 0.667. The average molecular weight is 327 g/mol. The molecule has 1 aliphatic rings. The van der Waals surface area contributed by atoms with Crippen LogP contribution in [0.1, 0.15) is 27.2 Å². The third kappa shape index (κ3) is 3.87. The minimum absolute atomic E-state index is 0. The van der Waals surface area contributed by atoms with E-state index in [-0.39, 0.29) is 51.6 Å². The van der Waals surface area contributed by atoms with E-state index in [0.29, 0.717) is 0 Å². The van der Waals surface area contributed by atoms with E-state index in [2.05, 4.69) is 52.3 Å². The molecule has 0 fully saturated rings. The molecule has 2 radical (unpaired) electrons. The van der Waals surface area contributed by atoms with Gasteiger partial charge in [0.25, 0.3) is 0 Å². The first-order chi connectivity index (χ1) is 6.22. The van der Waals surface area contributed by atoms with Crippen molar-refractivity contribution in [1.29, 1.82) is 0 Å². The summed E-state index contributed by atoms with van der Waals surface area (Å²) in [6.45, 7) is 9.61. The maximum absolute atomic E-state index is 6.43. The molecule has 0 saturated heterocycles. The van der Waals surface area contributed by atoms with Gasteiger partial charge >= 0.3 is 111 Å². The van der Waals surface area contributed by atoms with Crippen molar-refractivity contribution in [2.45, 2.75) is 32.2 Å². The minimum atomic E-state index is -1.89. The Hall–Kier alpha value is 1.27. The second-order valence-corrected chi connectivity index (χ2v) is 12.8. The van der Waals surface area contributed by atoms with Crippen molar-refractivity contribution in [2.75, 3.05) is 19.5 Å². The summed E-state index contributed by atoms with van der Waals surface area (Å²) in [5.74, 6) is 0. The van der Waals surface area contributed by atoms with Crippen LogP contribution in [0.15, 0.2) is 23.5 Å². The fourth-order valence-corrected chi connectivity index (χ4v) is 5.17. The second-order valence-electron chi connectivity index (χ2n) is 5.66. The molecule has 1 rings (SSSR count).